The molecule has 1 amide bonds. The minimum atomic E-state index is -0.975. The van der Waals surface area contributed by atoms with E-state index in [1.54, 1.807) is 0 Å². The van der Waals surface area contributed by atoms with Gasteiger partial charge in [-0.2, -0.15) is 0 Å². The first-order valence-electron chi connectivity index (χ1n) is 8.37. The van der Waals surface area contributed by atoms with Crippen molar-refractivity contribution < 1.29 is 14.6 Å². The molecule has 0 aliphatic rings. The second-order valence-electron chi connectivity index (χ2n) is 6.73. The lowest BCUT2D eigenvalue weighted by atomic mass is 9.92. The van der Waals surface area contributed by atoms with Crippen LogP contribution in [0, 0.1) is 0 Å². The van der Waals surface area contributed by atoms with Gasteiger partial charge in [-0.25, -0.2) is 4.79 Å². The quantitative estimate of drug-likeness (QED) is 0.557. The third-order valence-electron chi connectivity index (χ3n) is 4.11. The molecule has 0 heterocycles. The molecule has 2 rings (SSSR count). The number of amides is 1. The van der Waals surface area contributed by atoms with Gasteiger partial charge in [0.2, 0.25) is 0 Å². The molecule has 5 heteroatoms. The largest absolute Gasteiger partial charge is 0.491 e. The van der Waals surface area contributed by atoms with Gasteiger partial charge in [0.1, 0.15) is 12.4 Å². The van der Waals surface area contributed by atoms with Gasteiger partial charge in [-0.05, 0) is 50.1 Å². The van der Waals surface area contributed by atoms with E-state index in [0.717, 1.165) is 15.6 Å². The first-order chi connectivity index (χ1) is 12.3. The minimum absolute atomic E-state index is 0.237. The number of carbonyl (C=O) groups is 1. The first-order valence-corrected chi connectivity index (χ1v) is 9.17. The summed E-state index contributed by atoms with van der Waals surface area (Å²) < 4.78 is 6.89. The summed E-state index contributed by atoms with van der Waals surface area (Å²) in [4.78, 5) is 13.5. The molecule has 4 nitrogen and oxygen atoms in total. The maximum atomic E-state index is 12.0. The van der Waals surface area contributed by atoms with Crippen LogP contribution in [0.15, 0.2) is 71.2 Å². The van der Waals surface area contributed by atoms with Gasteiger partial charge >= 0.3 is 6.09 Å². The smallest absolute Gasteiger partial charge is 0.408 e. The summed E-state index contributed by atoms with van der Waals surface area (Å²) in [5.41, 5.74) is 1.11. The van der Waals surface area contributed by atoms with Crippen molar-refractivity contribution in [1.29, 1.82) is 0 Å². The van der Waals surface area contributed by atoms with Crippen LogP contribution in [-0.2, 0) is 6.54 Å². The monoisotopic (exact) mass is 417 g/mol. The van der Waals surface area contributed by atoms with Gasteiger partial charge in [-0.1, -0.05) is 51.8 Å². The Labute approximate surface area is 163 Å². The van der Waals surface area contributed by atoms with E-state index < -0.39 is 11.6 Å². The predicted octanol–water partition coefficient (Wildman–Crippen LogP) is 5.73. The Hall–Kier alpha value is -2.27. The Balaban J connectivity index is 2.23. The molecule has 0 unspecified atom stereocenters. The molecular formula is C21H24BrNO3. The average Bonchev–Trinajstić information content (AvgIpc) is 2.59. The maximum absolute atomic E-state index is 12.0. The van der Waals surface area contributed by atoms with Crippen LogP contribution in [0.5, 0.6) is 5.75 Å². The molecule has 26 heavy (non-hydrogen) atoms. The van der Waals surface area contributed by atoms with Gasteiger partial charge in [0.05, 0.1) is 5.54 Å². The summed E-state index contributed by atoms with van der Waals surface area (Å²) >= 11 is 3.40. The molecule has 0 radical (unpaired) electrons. The Kier molecular flexibility index (Phi) is 6.86. The maximum Gasteiger partial charge on any atom is 0.408 e. The zero-order chi connectivity index (χ0) is 19.2. The van der Waals surface area contributed by atoms with E-state index in [2.05, 4.69) is 22.5 Å². The van der Waals surface area contributed by atoms with Gasteiger partial charge in [0.25, 0.3) is 0 Å². The Morgan fingerprint density at radius 2 is 1.81 bits per heavy atom. The zero-order valence-corrected chi connectivity index (χ0v) is 16.7. The molecule has 0 aromatic heterocycles. The first kappa shape index (κ1) is 20.0. The van der Waals surface area contributed by atoms with Crippen molar-refractivity contribution in [2.24, 2.45) is 0 Å². The minimum Gasteiger partial charge on any atom is -0.491 e. The molecule has 0 saturated heterocycles. The van der Waals surface area contributed by atoms with Crippen LogP contribution in [-0.4, -0.2) is 28.2 Å². The lowest BCUT2D eigenvalue weighted by Gasteiger charge is -2.39. The summed E-state index contributed by atoms with van der Waals surface area (Å²) in [6.07, 6.45) is -0.458. The van der Waals surface area contributed by atoms with Crippen molar-refractivity contribution in [2.45, 2.75) is 32.4 Å². The van der Waals surface area contributed by atoms with Crippen LogP contribution in [0.1, 0.15) is 25.8 Å². The number of ether oxygens (including phenoxy) is 1. The Bertz CT molecular complexity index is 746. The molecule has 1 atom stereocenters. The van der Waals surface area contributed by atoms with Crippen molar-refractivity contribution in [1.82, 2.24) is 4.90 Å². The number of halogens is 1. The molecule has 0 bridgehead atoms. The van der Waals surface area contributed by atoms with Crippen LogP contribution in [0.25, 0.3) is 0 Å². The normalized spacial score (nSPS) is 12.9. The Morgan fingerprint density at radius 1 is 1.19 bits per heavy atom. The molecule has 2 aromatic carbocycles. The van der Waals surface area contributed by atoms with Crippen LogP contribution >= 0.6 is 15.9 Å². The highest BCUT2D eigenvalue weighted by Crippen LogP contribution is 2.27. The number of benzene rings is 2. The third-order valence-corrected chi connectivity index (χ3v) is 4.64. The standard InChI is InChI=1S/C21H24BrNO3/c1-16(2)13-21(3,15-26-19-11-9-18(22)10-12-19)23(20(24)25)14-17-7-5-4-6-8-17/h4-12H,1,13-15H2,2-3H3,(H,24,25)/t21-/m0/s1. The molecule has 0 aliphatic carbocycles. The Morgan fingerprint density at radius 3 is 2.35 bits per heavy atom. The van der Waals surface area contributed by atoms with Crippen molar-refractivity contribution >= 4 is 22.0 Å². The number of rotatable bonds is 8. The van der Waals surface area contributed by atoms with Crippen LogP contribution in [0.2, 0.25) is 0 Å². The van der Waals surface area contributed by atoms with E-state index in [4.69, 9.17) is 4.74 Å². The van der Waals surface area contributed by atoms with E-state index in [1.165, 1.54) is 4.90 Å². The zero-order valence-electron chi connectivity index (χ0n) is 15.1. The molecule has 0 aliphatic heterocycles. The fourth-order valence-corrected chi connectivity index (χ4v) is 3.16. The van der Waals surface area contributed by atoms with Crippen molar-refractivity contribution in [3.05, 3.63) is 76.8 Å². The van der Waals surface area contributed by atoms with Crippen LogP contribution in [0.3, 0.4) is 0 Å². The molecule has 138 valence electrons. The lowest BCUT2D eigenvalue weighted by Crippen LogP contribution is -2.52. The summed E-state index contributed by atoms with van der Waals surface area (Å²) in [5.74, 6) is 0.700. The molecule has 1 N–H and O–H groups in total. The van der Waals surface area contributed by atoms with E-state index in [0.29, 0.717) is 18.7 Å². The van der Waals surface area contributed by atoms with E-state index >= 15 is 0 Å². The SMILES string of the molecule is C=C(C)C[C@@](C)(COc1ccc(Br)cc1)N(Cc1ccccc1)C(=O)O. The lowest BCUT2D eigenvalue weighted by molar-refractivity contribution is 0.0464. The second-order valence-corrected chi connectivity index (χ2v) is 7.64. The summed E-state index contributed by atoms with van der Waals surface area (Å²) in [5, 5.41) is 9.85. The summed E-state index contributed by atoms with van der Waals surface area (Å²) in [6, 6.07) is 17.1. The van der Waals surface area contributed by atoms with Crippen molar-refractivity contribution in [2.75, 3.05) is 6.61 Å². The highest BCUT2D eigenvalue weighted by Gasteiger charge is 2.36. The van der Waals surface area contributed by atoms with E-state index in [9.17, 15) is 9.90 Å². The van der Waals surface area contributed by atoms with E-state index in [1.807, 2.05) is 68.4 Å². The van der Waals surface area contributed by atoms with E-state index in [-0.39, 0.29) is 6.61 Å². The molecule has 0 saturated carbocycles. The van der Waals surface area contributed by atoms with Gasteiger partial charge in [0, 0.05) is 11.0 Å². The van der Waals surface area contributed by atoms with Crippen molar-refractivity contribution in [3.63, 3.8) is 0 Å². The highest BCUT2D eigenvalue weighted by molar-refractivity contribution is 9.10. The number of hydrogen-bond donors (Lipinski definition) is 1. The third kappa shape index (κ3) is 5.63. The topological polar surface area (TPSA) is 49.8 Å². The van der Waals surface area contributed by atoms with Gasteiger partial charge in [-0.15, -0.1) is 6.58 Å². The molecule has 0 spiro atoms. The van der Waals surface area contributed by atoms with Crippen LogP contribution in [0.4, 0.5) is 4.79 Å². The fraction of sp³-hybridized carbons (Fsp3) is 0.286. The van der Waals surface area contributed by atoms with Gasteiger partial charge < -0.3 is 9.84 Å². The molecule has 2 aromatic rings. The fourth-order valence-electron chi connectivity index (χ4n) is 2.90. The number of hydrogen-bond acceptors (Lipinski definition) is 2. The summed E-state index contributed by atoms with van der Waals surface area (Å²) in [6.45, 7) is 8.31. The van der Waals surface area contributed by atoms with Crippen molar-refractivity contribution in [3.8, 4) is 5.75 Å². The number of nitrogens with zero attached hydrogens (tertiary/aromatic N) is 1. The van der Waals surface area contributed by atoms with Crippen LogP contribution < -0.4 is 4.74 Å². The summed E-state index contributed by atoms with van der Waals surface area (Å²) in [7, 11) is 0. The molecule has 0 fully saturated rings. The predicted molar refractivity (Wildman–Crippen MR) is 107 cm³/mol. The number of carboxylic acid groups (broad SMARTS) is 1. The van der Waals surface area contributed by atoms with Gasteiger partial charge in [-0.3, -0.25) is 4.90 Å². The molecular weight excluding hydrogens is 394 g/mol. The van der Waals surface area contributed by atoms with Gasteiger partial charge in [0.15, 0.2) is 0 Å². The highest BCUT2D eigenvalue weighted by atomic mass is 79.9. The second kappa shape index (κ2) is 8.90. The average molecular weight is 418 g/mol.